The predicted molar refractivity (Wildman–Crippen MR) is 93.6 cm³/mol. The normalized spacial score (nSPS) is 12.9. The average molecular weight is 294 g/mol. The van der Waals surface area contributed by atoms with Crippen LogP contribution in [0.2, 0.25) is 0 Å². The molecule has 0 aliphatic rings. The lowest BCUT2D eigenvalue weighted by Gasteiger charge is -2.23. The molecule has 2 rings (SSSR count). The highest BCUT2D eigenvalue weighted by molar-refractivity contribution is 6.01. The number of rotatable bonds is 6. The van der Waals surface area contributed by atoms with Gasteiger partial charge in [0.25, 0.3) is 0 Å². The topological polar surface area (TPSA) is 17.1 Å². The first kappa shape index (κ1) is 16.5. The Kier molecular flexibility index (Phi) is 5.18. The van der Waals surface area contributed by atoms with Gasteiger partial charge in [-0.25, -0.2) is 0 Å². The Bertz CT molecular complexity index is 608. The van der Waals surface area contributed by atoms with Gasteiger partial charge in [0.05, 0.1) is 0 Å². The maximum absolute atomic E-state index is 12.8. The van der Waals surface area contributed by atoms with Crippen molar-refractivity contribution in [1.29, 1.82) is 0 Å². The zero-order valence-electron chi connectivity index (χ0n) is 14.1. The summed E-state index contributed by atoms with van der Waals surface area (Å²) in [5.74, 6) is 0.167. The molecule has 0 saturated carbocycles. The van der Waals surface area contributed by atoms with Crippen LogP contribution in [0.5, 0.6) is 0 Å². The van der Waals surface area contributed by atoms with Gasteiger partial charge in [0.2, 0.25) is 0 Å². The molecule has 1 heteroatoms. The van der Waals surface area contributed by atoms with E-state index in [1.807, 2.05) is 42.5 Å². The van der Waals surface area contributed by atoms with Crippen LogP contribution in [0, 0.1) is 0 Å². The quantitative estimate of drug-likeness (QED) is 0.620. The van der Waals surface area contributed by atoms with E-state index in [0.717, 1.165) is 24.0 Å². The zero-order chi connectivity index (χ0) is 16.2. The van der Waals surface area contributed by atoms with Crippen LogP contribution in [0.15, 0.2) is 54.6 Å². The molecule has 0 aromatic heterocycles. The Balaban J connectivity index is 2.26. The molecule has 0 N–H and O–H groups in total. The van der Waals surface area contributed by atoms with Crippen molar-refractivity contribution in [2.45, 2.75) is 51.9 Å². The summed E-state index contributed by atoms with van der Waals surface area (Å²) in [6.07, 6.45) is 1.91. The van der Waals surface area contributed by atoms with Crippen molar-refractivity contribution in [2.75, 3.05) is 0 Å². The third-order valence-electron chi connectivity index (χ3n) is 4.76. The molecule has 0 aliphatic carbocycles. The predicted octanol–water partition coefficient (Wildman–Crippen LogP) is 5.75. The molecule has 116 valence electrons. The summed E-state index contributed by atoms with van der Waals surface area (Å²) < 4.78 is 0. The summed E-state index contributed by atoms with van der Waals surface area (Å²) in [6, 6.07) is 18.3. The van der Waals surface area contributed by atoms with Crippen molar-refractivity contribution in [1.82, 2.24) is 0 Å². The number of Topliss-reactive ketones (excluding diaryl/α,β-unsaturated/α-hetero) is 1. The van der Waals surface area contributed by atoms with E-state index in [9.17, 15) is 4.79 Å². The van der Waals surface area contributed by atoms with E-state index in [0.29, 0.717) is 0 Å². The lowest BCUT2D eigenvalue weighted by Crippen LogP contribution is -2.16. The monoisotopic (exact) mass is 294 g/mol. The molecule has 0 amide bonds. The van der Waals surface area contributed by atoms with Gasteiger partial charge >= 0.3 is 0 Å². The molecule has 0 radical (unpaired) electrons. The summed E-state index contributed by atoms with van der Waals surface area (Å²) >= 11 is 0. The number of carbonyl (C=O) groups excluding carboxylic acids is 1. The van der Waals surface area contributed by atoms with E-state index in [4.69, 9.17) is 0 Å². The molecule has 0 spiro atoms. The standard InChI is InChI=1S/C21H26O/c1-5-19(16-10-8-7-9-11-16)20(22)17-12-14-18(15-13-17)21(3,4)6-2/h7-15,19H,5-6H2,1-4H3. The summed E-state index contributed by atoms with van der Waals surface area (Å²) in [5.41, 5.74) is 3.36. The highest BCUT2D eigenvalue weighted by atomic mass is 16.1. The van der Waals surface area contributed by atoms with E-state index >= 15 is 0 Å². The average Bonchev–Trinajstić information content (AvgIpc) is 2.56. The zero-order valence-corrected chi connectivity index (χ0v) is 14.1. The SMILES string of the molecule is CCC(C(=O)c1ccc(C(C)(C)CC)cc1)c1ccccc1. The number of ketones is 1. The minimum atomic E-state index is -0.0498. The van der Waals surface area contributed by atoms with Crippen molar-refractivity contribution >= 4 is 5.78 Å². The summed E-state index contributed by atoms with van der Waals surface area (Å²) in [5, 5.41) is 0. The Morgan fingerprint density at radius 2 is 1.55 bits per heavy atom. The number of hydrogen-bond acceptors (Lipinski definition) is 1. The maximum Gasteiger partial charge on any atom is 0.170 e. The summed E-state index contributed by atoms with van der Waals surface area (Å²) in [4.78, 5) is 12.8. The third-order valence-corrected chi connectivity index (χ3v) is 4.76. The summed E-state index contributed by atoms with van der Waals surface area (Å²) in [6.45, 7) is 8.75. The number of carbonyl (C=O) groups is 1. The van der Waals surface area contributed by atoms with E-state index in [-0.39, 0.29) is 17.1 Å². The van der Waals surface area contributed by atoms with Gasteiger partial charge in [-0.3, -0.25) is 4.79 Å². The van der Waals surface area contributed by atoms with E-state index < -0.39 is 0 Å². The van der Waals surface area contributed by atoms with Crippen LogP contribution in [0.1, 0.15) is 67.9 Å². The van der Waals surface area contributed by atoms with Crippen LogP contribution in [-0.4, -0.2) is 5.78 Å². The van der Waals surface area contributed by atoms with Crippen molar-refractivity contribution < 1.29 is 4.79 Å². The van der Waals surface area contributed by atoms with E-state index in [1.165, 1.54) is 5.56 Å². The van der Waals surface area contributed by atoms with Gasteiger partial charge in [0.1, 0.15) is 0 Å². The van der Waals surface area contributed by atoms with Gasteiger partial charge < -0.3 is 0 Å². The molecule has 1 nitrogen and oxygen atoms in total. The summed E-state index contributed by atoms with van der Waals surface area (Å²) in [7, 11) is 0. The first-order valence-electron chi connectivity index (χ1n) is 8.19. The second-order valence-corrected chi connectivity index (χ2v) is 6.55. The van der Waals surface area contributed by atoms with Crippen molar-refractivity contribution in [3.05, 3.63) is 71.3 Å². The lowest BCUT2D eigenvalue weighted by molar-refractivity contribution is 0.0957. The second kappa shape index (κ2) is 6.91. The minimum Gasteiger partial charge on any atom is -0.293 e. The number of benzene rings is 2. The maximum atomic E-state index is 12.8. The second-order valence-electron chi connectivity index (χ2n) is 6.55. The molecule has 22 heavy (non-hydrogen) atoms. The van der Waals surface area contributed by atoms with Crippen LogP contribution in [0.3, 0.4) is 0 Å². The Hall–Kier alpha value is -1.89. The van der Waals surface area contributed by atoms with Crippen LogP contribution in [0.25, 0.3) is 0 Å². The van der Waals surface area contributed by atoms with Crippen LogP contribution in [0.4, 0.5) is 0 Å². The molecule has 2 aromatic carbocycles. The largest absolute Gasteiger partial charge is 0.293 e. The lowest BCUT2D eigenvalue weighted by atomic mass is 9.81. The van der Waals surface area contributed by atoms with Crippen LogP contribution < -0.4 is 0 Å². The third kappa shape index (κ3) is 3.47. The smallest absolute Gasteiger partial charge is 0.170 e. The molecule has 2 aromatic rings. The molecule has 1 unspecified atom stereocenters. The van der Waals surface area contributed by atoms with Crippen LogP contribution >= 0.6 is 0 Å². The highest BCUT2D eigenvalue weighted by Crippen LogP contribution is 2.29. The Morgan fingerprint density at radius 3 is 2.05 bits per heavy atom. The van der Waals surface area contributed by atoms with Crippen molar-refractivity contribution in [2.24, 2.45) is 0 Å². The molecule has 0 fully saturated rings. The van der Waals surface area contributed by atoms with Crippen molar-refractivity contribution in [3.8, 4) is 0 Å². The van der Waals surface area contributed by atoms with Gasteiger partial charge in [-0.15, -0.1) is 0 Å². The molecule has 0 aliphatic heterocycles. The highest BCUT2D eigenvalue weighted by Gasteiger charge is 2.22. The van der Waals surface area contributed by atoms with Gasteiger partial charge in [-0.1, -0.05) is 82.3 Å². The van der Waals surface area contributed by atoms with Gasteiger partial charge in [0, 0.05) is 11.5 Å². The molecule has 0 heterocycles. The minimum absolute atomic E-state index is 0.0498. The van der Waals surface area contributed by atoms with Crippen LogP contribution in [-0.2, 0) is 5.41 Å². The first-order valence-corrected chi connectivity index (χ1v) is 8.19. The van der Waals surface area contributed by atoms with Gasteiger partial charge in [-0.2, -0.15) is 0 Å². The Morgan fingerprint density at radius 1 is 0.955 bits per heavy atom. The first-order chi connectivity index (χ1) is 10.5. The van der Waals surface area contributed by atoms with E-state index in [1.54, 1.807) is 0 Å². The molecular formula is C21H26O. The van der Waals surface area contributed by atoms with Gasteiger partial charge in [0.15, 0.2) is 5.78 Å². The molecule has 1 atom stereocenters. The molecule has 0 saturated heterocycles. The molecule has 0 bridgehead atoms. The fourth-order valence-corrected chi connectivity index (χ4v) is 2.75. The van der Waals surface area contributed by atoms with Gasteiger partial charge in [-0.05, 0) is 29.4 Å². The fraction of sp³-hybridized carbons (Fsp3) is 0.381. The van der Waals surface area contributed by atoms with E-state index in [2.05, 4.69) is 39.8 Å². The number of hydrogen-bond donors (Lipinski definition) is 0. The fourth-order valence-electron chi connectivity index (χ4n) is 2.75. The molecular weight excluding hydrogens is 268 g/mol. The van der Waals surface area contributed by atoms with Crippen molar-refractivity contribution in [3.63, 3.8) is 0 Å². The Labute approximate surface area is 134 Å².